The smallest absolute Gasteiger partial charge is 0.416 e. The van der Waals surface area contributed by atoms with E-state index in [4.69, 9.17) is 22.1 Å². The molecule has 2 aliphatic heterocycles. The standard InChI is InChI=1S/C33H28ClF3N8O5/c34-21-16-19(33(35,36)37)5-8-22(21)40-25(47)17-44-23-9-15-50-32(10-13-43(14-11-32)30(49)27-24(46)2-1-12-39-27)26(23)29(48)45-31(44)41-28(42-45)18-3-6-20(38)7-4-18/h1-8,12,16,46H,9-11,13-15,17,38H2,(H,40,47). The number of aromatic hydroxyl groups is 1. The van der Waals surface area contributed by atoms with Crippen LogP contribution >= 0.6 is 11.6 Å². The molecule has 1 fully saturated rings. The van der Waals surface area contributed by atoms with Gasteiger partial charge in [-0.25, -0.2) is 4.98 Å². The first kappa shape index (κ1) is 33.0. The zero-order valence-electron chi connectivity index (χ0n) is 26.1. The molecule has 5 aromatic rings. The summed E-state index contributed by atoms with van der Waals surface area (Å²) >= 11 is 6.11. The van der Waals surface area contributed by atoms with Gasteiger partial charge in [-0.3, -0.25) is 14.4 Å². The van der Waals surface area contributed by atoms with Gasteiger partial charge >= 0.3 is 6.18 Å². The van der Waals surface area contributed by atoms with Gasteiger partial charge in [0.25, 0.3) is 11.5 Å². The maximum atomic E-state index is 14.3. The molecule has 0 bridgehead atoms. The maximum absolute atomic E-state index is 14.3. The van der Waals surface area contributed by atoms with Crippen molar-refractivity contribution in [2.45, 2.75) is 37.6 Å². The highest BCUT2D eigenvalue weighted by Crippen LogP contribution is 2.41. The van der Waals surface area contributed by atoms with Gasteiger partial charge in [-0.15, -0.1) is 5.10 Å². The lowest BCUT2D eigenvalue weighted by molar-refractivity contribution is -0.137. The number of amides is 2. The molecule has 2 aromatic carbocycles. The highest BCUT2D eigenvalue weighted by Gasteiger charge is 2.46. The Balaban J connectivity index is 1.28. The maximum Gasteiger partial charge on any atom is 0.416 e. The Morgan fingerprint density at radius 1 is 1.10 bits per heavy atom. The second-order valence-corrected chi connectivity index (χ2v) is 12.4. The summed E-state index contributed by atoms with van der Waals surface area (Å²) in [5, 5.41) is 17.0. The van der Waals surface area contributed by atoms with E-state index in [1.165, 1.54) is 23.2 Å². The molecule has 258 valence electrons. The van der Waals surface area contributed by atoms with Gasteiger partial charge in [0.2, 0.25) is 11.7 Å². The van der Waals surface area contributed by atoms with Gasteiger partial charge in [0.05, 0.1) is 28.4 Å². The van der Waals surface area contributed by atoms with E-state index in [2.05, 4.69) is 20.4 Å². The number of pyridine rings is 1. The number of nitrogen functional groups attached to an aromatic ring is 1. The largest absolute Gasteiger partial charge is 0.505 e. The predicted octanol–water partition coefficient (Wildman–Crippen LogP) is 4.26. The summed E-state index contributed by atoms with van der Waals surface area (Å²) in [7, 11) is 0. The summed E-state index contributed by atoms with van der Waals surface area (Å²) in [5.74, 6) is -1.11. The number of anilines is 2. The van der Waals surface area contributed by atoms with Crippen molar-refractivity contribution in [3.05, 3.63) is 98.7 Å². The predicted molar refractivity (Wildman–Crippen MR) is 175 cm³/mol. The number of rotatable bonds is 5. The number of carbonyl (C=O) groups excluding carboxylic acids is 2. The third-order valence-corrected chi connectivity index (χ3v) is 9.23. The number of likely N-dealkylation sites (tertiary alicyclic amines) is 1. The van der Waals surface area contributed by atoms with Crippen molar-refractivity contribution >= 4 is 40.6 Å². The fraction of sp³-hybridized carbons (Fsp3) is 0.273. The third kappa shape index (κ3) is 5.89. The van der Waals surface area contributed by atoms with Gasteiger partial charge in [-0.2, -0.15) is 22.7 Å². The zero-order valence-corrected chi connectivity index (χ0v) is 26.8. The second-order valence-electron chi connectivity index (χ2n) is 12.0. The van der Waals surface area contributed by atoms with Gasteiger partial charge < -0.3 is 30.4 Å². The molecule has 50 heavy (non-hydrogen) atoms. The van der Waals surface area contributed by atoms with Crippen molar-refractivity contribution in [2.24, 2.45) is 0 Å². The summed E-state index contributed by atoms with van der Waals surface area (Å²) in [4.78, 5) is 51.2. The third-order valence-electron chi connectivity index (χ3n) is 8.91. The summed E-state index contributed by atoms with van der Waals surface area (Å²) in [6, 6.07) is 12.2. The fourth-order valence-electron chi connectivity index (χ4n) is 6.46. The van der Waals surface area contributed by atoms with Crippen LogP contribution in [0.25, 0.3) is 17.2 Å². The van der Waals surface area contributed by atoms with Crippen LogP contribution in [0.5, 0.6) is 5.75 Å². The number of ether oxygens (including phenoxy) is 1. The van der Waals surface area contributed by atoms with E-state index in [1.54, 1.807) is 28.8 Å². The summed E-state index contributed by atoms with van der Waals surface area (Å²) in [6.07, 6.45) is -2.55. The molecule has 0 unspecified atom stereocenters. The number of carbonyl (C=O) groups is 2. The van der Waals surface area contributed by atoms with Gasteiger partial charge in [-0.1, -0.05) is 11.6 Å². The van der Waals surface area contributed by atoms with Crippen molar-refractivity contribution in [3.63, 3.8) is 0 Å². The van der Waals surface area contributed by atoms with Crippen LogP contribution in [-0.2, 0) is 34.3 Å². The van der Waals surface area contributed by atoms with Gasteiger partial charge in [0, 0.05) is 42.7 Å². The average Bonchev–Trinajstić information content (AvgIpc) is 3.54. The number of nitrogens with one attached hydrogen (secondary N) is 1. The Labute approximate surface area is 286 Å². The lowest BCUT2D eigenvalue weighted by Crippen LogP contribution is -2.52. The summed E-state index contributed by atoms with van der Waals surface area (Å²) < 4.78 is 48.6. The molecule has 3 aromatic heterocycles. The molecule has 5 heterocycles. The Morgan fingerprint density at radius 3 is 2.52 bits per heavy atom. The quantitative estimate of drug-likeness (QED) is 0.226. The van der Waals surface area contributed by atoms with Crippen LogP contribution in [0.15, 0.2) is 65.6 Å². The van der Waals surface area contributed by atoms with Crippen LogP contribution < -0.4 is 16.6 Å². The molecule has 2 amide bonds. The molecular weight excluding hydrogens is 681 g/mol. The molecule has 17 heteroatoms. The minimum Gasteiger partial charge on any atom is -0.505 e. The molecule has 2 aliphatic rings. The molecule has 1 spiro atoms. The van der Waals surface area contributed by atoms with Crippen molar-refractivity contribution in [1.82, 2.24) is 29.0 Å². The molecule has 1 saturated heterocycles. The van der Waals surface area contributed by atoms with E-state index < -0.39 is 41.3 Å². The molecule has 7 rings (SSSR count). The van der Waals surface area contributed by atoms with E-state index in [9.17, 15) is 32.7 Å². The monoisotopic (exact) mass is 708 g/mol. The molecular formula is C33H28ClF3N8O5. The SMILES string of the molecule is Nc1ccc(-c2nc3n(CC(=O)Nc4ccc(C(F)(F)F)cc4Cl)c4c(c(=O)n3n2)C2(CCN(C(=O)c3ncccc3O)CC2)OCC4)cc1. The van der Waals surface area contributed by atoms with Crippen LogP contribution in [0.2, 0.25) is 5.02 Å². The highest BCUT2D eigenvalue weighted by molar-refractivity contribution is 6.33. The number of hydrogen-bond donors (Lipinski definition) is 3. The number of hydrogen-bond acceptors (Lipinski definition) is 9. The van der Waals surface area contributed by atoms with Crippen LogP contribution in [0.3, 0.4) is 0 Å². The average molecular weight is 709 g/mol. The molecule has 0 radical (unpaired) electrons. The number of nitrogens with zero attached hydrogens (tertiary/aromatic N) is 6. The minimum atomic E-state index is -4.62. The molecule has 4 N–H and O–H groups in total. The second kappa shape index (κ2) is 12.4. The Hall–Kier alpha value is -5.48. The topological polar surface area (TPSA) is 170 Å². The van der Waals surface area contributed by atoms with Crippen molar-refractivity contribution in [2.75, 3.05) is 30.7 Å². The molecule has 0 saturated carbocycles. The van der Waals surface area contributed by atoms with Crippen molar-refractivity contribution < 1.29 is 32.6 Å². The number of alkyl halides is 3. The first-order chi connectivity index (χ1) is 23.8. The van der Waals surface area contributed by atoms with Crippen molar-refractivity contribution in [3.8, 4) is 17.1 Å². The number of nitrogens with two attached hydrogens (primary N) is 1. The normalized spacial score (nSPS) is 15.6. The summed E-state index contributed by atoms with van der Waals surface area (Å²) in [6.45, 7) is 0.130. The fourth-order valence-corrected chi connectivity index (χ4v) is 6.68. The van der Waals surface area contributed by atoms with Gasteiger partial charge in [0.15, 0.2) is 11.5 Å². The van der Waals surface area contributed by atoms with Crippen LogP contribution in [0.4, 0.5) is 24.5 Å². The molecule has 0 atom stereocenters. The number of aromatic nitrogens is 5. The van der Waals surface area contributed by atoms with E-state index in [-0.39, 0.29) is 78.3 Å². The van der Waals surface area contributed by atoms with E-state index in [0.29, 0.717) is 16.9 Å². The summed E-state index contributed by atoms with van der Waals surface area (Å²) in [5.41, 5.74) is 4.91. The molecule has 0 aliphatic carbocycles. The van der Waals surface area contributed by atoms with E-state index >= 15 is 0 Å². The van der Waals surface area contributed by atoms with Gasteiger partial charge in [0.1, 0.15) is 17.9 Å². The lowest BCUT2D eigenvalue weighted by atomic mass is 9.81. The molecule has 13 nitrogen and oxygen atoms in total. The highest BCUT2D eigenvalue weighted by atomic mass is 35.5. The lowest BCUT2D eigenvalue weighted by Gasteiger charge is -2.44. The first-order valence-electron chi connectivity index (χ1n) is 15.5. The van der Waals surface area contributed by atoms with Crippen LogP contribution in [0.1, 0.15) is 40.2 Å². The Kier molecular flexibility index (Phi) is 8.22. The Bertz CT molecular complexity index is 2210. The van der Waals surface area contributed by atoms with Gasteiger partial charge in [-0.05, 0) is 67.4 Å². The Morgan fingerprint density at radius 2 is 1.84 bits per heavy atom. The number of benzene rings is 2. The van der Waals surface area contributed by atoms with Crippen LogP contribution in [-0.4, -0.2) is 65.7 Å². The van der Waals surface area contributed by atoms with E-state index in [1.807, 2.05) is 0 Å². The van der Waals surface area contributed by atoms with E-state index in [0.717, 1.165) is 22.7 Å². The number of halogens is 4. The zero-order chi connectivity index (χ0) is 35.4. The van der Waals surface area contributed by atoms with Crippen molar-refractivity contribution in [1.29, 1.82) is 0 Å². The first-order valence-corrected chi connectivity index (χ1v) is 15.8. The number of piperidine rings is 1. The minimum absolute atomic E-state index is 0.0320. The number of fused-ring (bicyclic) bond motifs is 3. The van der Waals surface area contributed by atoms with Crippen LogP contribution in [0, 0.1) is 0 Å².